The summed E-state index contributed by atoms with van der Waals surface area (Å²) in [5.41, 5.74) is 5.45. The SMILES string of the molecule is CC(C)CC(C)(CN)Nc1ncccc1S(C)(=O)=O. The lowest BCUT2D eigenvalue weighted by atomic mass is 9.91. The molecule has 0 aliphatic rings. The first-order valence-corrected chi connectivity index (χ1v) is 8.20. The van der Waals surface area contributed by atoms with Gasteiger partial charge in [-0.15, -0.1) is 0 Å². The minimum atomic E-state index is -3.31. The van der Waals surface area contributed by atoms with E-state index >= 15 is 0 Å². The molecular formula is C13H23N3O2S. The van der Waals surface area contributed by atoms with Gasteiger partial charge in [0.05, 0.1) is 0 Å². The van der Waals surface area contributed by atoms with Crippen molar-refractivity contribution in [3.63, 3.8) is 0 Å². The summed E-state index contributed by atoms with van der Waals surface area (Å²) in [6.07, 6.45) is 3.59. The molecule has 0 radical (unpaired) electrons. The van der Waals surface area contributed by atoms with E-state index in [0.717, 1.165) is 6.42 Å². The molecule has 0 spiro atoms. The van der Waals surface area contributed by atoms with Crippen molar-refractivity contribution in [2.24, 2.45) is 11.7 Å². The van der Waals surface area contributed by atoms with Gasteiger partial charge >= 0.3 is 0 Å². The van der Waals surface area contributed by atoms with E-state index in [1.54, 1.807) is 18.3 Å². The maximum atomic E-state index is 11.7. The van der Waals surface area contributed by atoms with Gasteiger partial charge in [-0.05, 0) is 31.4 Å². The van der Waals surface area contributed by atoms with Crippen LogP contribution in [0.4, 0.5) is 5.82 Å². The van der Waals surface area contributed by atoms with Crippen LogP contribution in [0.3, 0.4) is 0 Å². The molecule has 1 heterocycles. The molecule has 3 N–H and O–H groups in total. The minimum absolute atomic E-state index is 0.207. The molecule has 1 unspecified atom stereocenters. The Labute approximate surface area is 115 Å². The van der Waals surface area contributed by atoms with Crippen LogP contribution < -0.4 is 11.1 Å². The Balaban J connectivity index is 3.11. The third-order valence-electron chi connectivity index (χ3n) is 2.90. The van der Waals surface area contributed by atoms with E-state index in [1.165, 1.54) is 6.26 Å². The van der Waals surface area contributed by atoms with Gasteiger partial charge in [0.25, 0.3) is 0 Å². The lowest BCUT2D eigenvalue weighted by Crippen LogP contribution is -2.44. The molecule has 0 fully saturated rings. The highest BCUT2D eigenvalue weighted by atomic mass is 32.2. The van der Waals surface area contributed by atoms with Gasteiger partial charge in [-0.2, -0.15) is 0 Å². The van der Waals surface area contributed by atoms with Gasteiger partial charge in [-0.25, -0.2) is 13.4 Å². The molecule has 0 amide bonds. The molecule has 5 nitrogen and oxygen atoms in total. The van der Waals surface area contributed by atoms with Crippen LogP contribution in [0.5, 0.6) is 0 Å². The third-order valence-corrected chi connectivity index (χ3v) is 4.03. The molecule has 0 saturated carbocycles. The number of nitrogens with zero attached hydrogens (tertiary/aromatic N) is 1. The fraction of sp³-hybridized carbons (Fsp3) is 0.615. The van der Waals surface area contributed by atoms with E-state index < -0.39 is 9.84 Å². The first-order chi connectivity index (χ1) is 8.68. The highest BCUT2D eigenvalue weighted by molar-refractivity contribution is 7.90. The summed E-state index contributed by atoms with van der Waals surface area (Å²) in [6, 6.07) is 3.17. The lowest BCUT2D eigenvalue weighted by molar-refractivity contribution is 0.405. The largest absolute Gasteiger partial charge is 0.363 e. The molecule has 19 heavy (non-hydrogen) atoms. The van der Waals surface area contributed by atoms with Crippen molar-refractivity contribution >= 4 is 15.7 Å². The minimum Gasteiger partial charge on any atom is -0.363 e. The Hall–Kier alpha value is -1.14. The van der Waals surface area contributed by atoms with E-state index in [9.17, 15) is 8.42 Å². The standard InChI is InChI=1S/C13H23N3O2S/c1-10(2)8-13(3,9-14)16-12-11(19(4,17)18)6-5-7-15-12/h5-7,10H,8-9,14H2,1-4H3,(H,15,16). The lowest BCUT2D eigenvalue weighted by Gasteiger charge is -2.32. The van der Waals surface area contributed by atoms with E-state index in [-0.39, 0.29) is 10.4 Å². The number of nitrogens with two attached hydrogens (primary N) is 1. The maximum absolute atomic E-state index is 11.7. The summed E-state index contributed by atoms with van der Waals surface area (Å²) in [7, 11) is -3.31. The van der Waals surface area contributed by atoms with Crippen LogP contribution in [-0.4, -0.2) is 31.7 Å². The van der Waals surface area contributed by atoms with Crippen LogP contribution >= 0.6 is 0 Å². The van der Waals surface area contributed by atoms with Crippen molar-refractivity contribution < 1.29 is 8.42 Å². The number of hydrogen-bond acceptors (Lipinski definition) is 5. The van der Waals surface area contributed by atoms with Gasteiger partial charge in [0.15, 0.2) is 9.84 Å². The Morgan fingerprint density at radius 2 is 2.11 bits per heavy atom. The average molecular weight is 285 g/mol. The summed E-state index contributed by atoms with van der Waals surface area (Å²) in [5, 5.41) is 3.20. The second kappa shape index (κ2) is 5.88. The van der Waals surface area contributed by atoms with Crippen molar-refractivity contribution in [2.45, 2.75) is 37.6 Å². The first kappa shape index (κ1) is 15.9. The second-order valence-electron chi connectivity index (χ2n) is 5.61. The van der Waals surface area contributed by atoms with Gasteiger partial charge in [-0.3, -0.25) is 0 Å². The molecule has 108 valence electrons. The molecule has 0 aliphatic carbocycles. The number of sulfone groups is 1. The molecule has 0 saturated heterocycles. The molecule has 0 aromatic carbocycles. The van der Waals surface area contributed by atoms with Crippen LogP contribution in [-0.2, 0) is 9.84 Å². The zero-order chi connectivity index (χ0) is 14.7. The summed E-state index contributed by atoms with van der Waals surface area (Å²) >= 11 is 0. The number of aromatic nitrogens is 1. The smallest absolute Gasteiger partial charge is 0.179 e. The van der Waals surface area contributed by atoms with Crippen molar-refractivity contribution in [1.29, 1.82) is 0 Å². The van der Waals surface area contributed by atoms with Crippen molar-refractivity contribution in [1.82, 2.24) is 4.98 Å². The summed E-state index contributed by atoms with van der Waals surface area (Å²) in [6.45, 7) is 6.59. The fourth-order valence-corrected chi connectivity index (χ4v) is 2.94. The quantitative estimate of drug-likeness (QED) is 0.830. The summed E-state index contributed by atoms with van der Waals surface area (Å²) in [5.74, 6) is 0.824. The molecule has 1 aromatic heterocycles. The monoisotopic (exact) mass is 285 g/mol. The number of anilines is 1. The van der Waals surface area contributed by atoms with E-state index in [1.807, 2.05) is 6.92 Å². The first-order valence-electron chi connectivity index (χ1n) is 6.31. The van der Waals surface area contributed by atoms with Crippen molar-refractivity contribution in [3.05, 3.63) is 18.3 Å². The van der Waals surface area contributed by atoms with Crippen molar-refractivity contribution in [3.8, 4) is 0 Å². The van der Waals surface area contributed by atoms with E-state index in [2.05, 4.69) is 24.1 Å². The molecule has 1 atom stereocenters. The van der Waals surface area contributed by atoms with Gasteiger partial charge in [-0.1, -0.05) is 13.8 Å². The average Bonchev–Trinajstić information content (AvgIpc) is 2.27. The Bertz CT molecular complexity index is 528. The number of nitrogens with one attached hydrogen (secondary N) is 1. The zero-order valence-electron chi connectivity index (χ0n) is 12.0. The van der Waals surface area contributed by atoms with Gasteiger partial charge in [0.2, 0.25) is 0 Å². The Morgan fingerprint density at radius 1 is 1.47 bits per heavy atom. The Kier molecular flexibility index (Phi) is 4.92. The number of rotatable bonds is 6. The van der Waals surface area contributed by atoms with Crippen molar-refractivity contribution in [2.75, 3.05) is 18.1 Å². The van der Waals surface area contributed by atoms with Gasteiger partial charge in [0, 0.05) is 24.5 Å². The molecule has 0 aliphatic heterocycles. The van der Waals surface area contributed by atoms with E-state index in [4.69, 9.17) is 5.73 Å². The van der Waals surface area contributed by atoms with Crippen LogP contribution in [0.15, 0.2) is 23.2 Å². The molecular weight excluding hydrogens is 262 g/mol. The van der Waals surface area contributed by atoms with Gasteiger partial charge in [0.1, 0.15) is 10.7 Å². The van der Waals surface area contributed by atoms with Crippen LogP contribution in [0.25, 0.3) is 0 Å². The third kappa shape index (κ3) is 4.47. The van der Waals surface area contributed by atoms with Crippen LogP contribution in [0, 0.1) is 5.92 Å². The molecule has 0 bridgehead atoms. The summed E-state index contributed by atoms with van der Waals surface area (Å²) < 4.78 is 23.5. The topological polar surface area (TPSA) is 85.1 Å². The Morgan fingerprint density at radius 3 is 2.58 bits per heavy atom. The summed E-state index contributed by atoms with van der Waals surface area (Å²) in [4.78, 5) is 4.35. The normalized spacial score (nSPS) is 15.3. The van der Waals surface area contributed by atoms with Gasteiger partial charge < -0.3 is 11.1 Å². The molecule has 1 rings (SSSR count). The second-order valence-corrected chi connectivity index (χ2v) is 7.59. The highest BCUT2D eigenvalue weighted by Crippen LogP contribution is 2.25. The zero-order valence-corrected chi connectivity index (χ0v) is 12.8. The molecule has 6 heteroatoms. The van der Waals surface area contributed by atoms with E-state index in [0.29, 0.717) is 18.3 Å². The fourth-order valence-electron chi connectivity index (χ4n) is 2.16. The van der Waals surface area contributed by atoms with Crippen LogP contribution in [0.2, 0.25) is 0 Å². The predicted octanol–water partition coefficient (Wildman–Crippen LogP) is 1.66. The molecule has 1 aromatic rings. The highest BCUT2D eigenvalue weighted by Gasteiger charge is 2.26. The maximum Gasteiger partial charge on any atom is 0.179 e. The van der Waals surface area contributed by atoms with Crippen LogP contribution in [0.1, 0.15) is 27.2 Å². The number of pyridine rings is 1. The number of hydrogen-bond donors (Lipinski definition) is 2. The predicted molar refractivity (Wildman–Crippen MR) is 77.9 cm³/mol.